The number of rotatable bonds is 6. The summed E-state index contributed by atoms with van der Waals surface area (Å²) in [6, 6.07) is 6.52. The summed E-state index contributed by atoms with van der Waals surface area (Å²) >= 11 is 0. The third-order valence-corrected chi connectivity index (χ3v) is 5.74. The van der Waals surface area contributed by atoms with E-state index in [1.54, 1.807) is 12.3 Å². The number of aliphatic hydroxyl groups excluding tert-OH is 2. The number of nitrogens with zero attached hydrogens (tertiary/aromatic N) is 3. The number of aromatic nitrogens is 3. The molecule has 0 spiro atoms. The van der Waals surface area contributed by atoms with Crippen molar-refractivity contribution in [3.8, 4) is 11.4 Å². The summed E-state index contributed by atoms with van der Waals surface area (Å²) in [4.78, 5) is 25.1. The number of aliphatic hydroxyl groups is 2. The fourth-order valence-electron chi connectivity index (χ4n) is 4.00. The van der Waals surface area contributed by atoms with Crippen LogP contribution in [0.4, 0.5) is 8.78 Å². The summed E-state index contributed by atoms with van der Waals surface area (Å²) in [5.74, 6) is -2.26. The van der Waals surface area contributed by atoms with Crippen LogP contribution in [0.2, 0.25) is 0 Å². The number of hydrogen-bond donors (Lipinski definition) is 2. The van der Waals surface area contributed by atoms with Crippen molar-refractivity contribution in [3.63, 3.8) is 0 Å². The predicted octanol–water partition coefficient (Wildman–Crippen LogP) is 3.20. The quantitative estimate of drug-likeness (QED) is 0.550. The molecule has 4 rings (SSSR count). The molecule has 0 aliphatic carbocycles. The summed E-state index contributed by atoms with van der Waals surface area (Å²) in [6.45, 7) is 1.85. The average Bonchev–Trinajstić information content (AvgIpc) is 2.81. The van der Waals surface area contributed by atoms with Gasteiger partial charge in [0.25, 0.3) is 0 Å². The lowest BCUT2D eigenvalue weighted by molar-refractivity contribution is -0.171. The second-order valence-electron chi connectivity index (χ2n) is 7.90. The van der Waals surface area contributed by atoms with E-state index < -0.39 is 47.4 Å². The van der Waals surface area contributed by atoms with Gasteiger partial charge in [-0.25, -0.2) is 18.7 Å². The van der Waals surface area contributed by atoms with Crippen LogP contribution < -0.4 is 0 Å². The molecule has 7 nitrogen and oxygen atoms in total. The molecule has 4 atom stereocenters. The van der Waals surface area contributed by atoms with E-state index in [4.69, 9.17) is 4.74 Å². The zero-order valence-electron chi connectivity index (χ0n) is 17.9. The van der Waals surface area contributed by atoms with Crippen LogP contribution in [-0.4, -0.2) is 49.3 Å². The van der Waals surface area contributed by atoms with Crippen molar-refractivity contribution in [2.45, 2.75) is 50.6 Å². The highest BCUT2D eigenvalue weighted by atomic mass is 19.1. The number of Topliss-reactive ketones (excluding diaryl/α,β-unsaturated/α-hetero) is 1. The summed E-state index contributed by atoms with van der Waals surface area (Å²) < 4.78 is 34.2. The molecule has 172 valence electrons. The van der Waals surface area contributed by atoms with Gasteiger partial charge in [0.1, 0.15) is 23.4 Å². The van der Waals surface area contributed by atoms with E-state index in [9.17, 15) is 23.8 Å². The first kappa shape index (κ1) is 23.0. The molecule has 0 unspecified atom stereocenters. The summed E-state index contributed by atoms with van der Waals surface area (Å²) in [5, 5.41) is 20.4. The van der Waals surface area contributed by atoms with Gasteiger partial charge in [0.2, 0.25) is 0 Å². The Hall–Kier alpha value is -3.14. The van der Waals surface area contributed by atoms with Gasteiger partial charge in [-0.1, -0.05) is 13.0 Å². The number of hydrogen-bond acceptors (Lipinski definition) is 7. The van der Waals surface area contributed by atoms with Crippen LogP contribution in [0.3, 0.4) is 0 Å². The maximum absolute atomic E-state index is 14.1. The van der Waals surface area contributed by atoms with Gasteiger partial charge in [-0.15, -0.1) is 0 Å². The van der Waals surface area contributed by atoms with Gasteiger partial charge in [0, 0.05) is 31.4 Å². The molecule has 33 heavy (non-hydrogen) atoms. The monoisotopic (exact) mass is 455 g/mol. The number of ketones is 1. The normalized spacial score (nSPS) is 22.8. The largest absolute Gasteiger partial charge is 0.390 e. The van der Waals surface area contributed by atoms with Crippen molar-refractivity contribution in [1.82, 2.24) is 15.0 Å². The standard InChI is InChI=1S/C24H23F2N3O4/c1-2-20-23(32)19(31)11-21(33-20)14-6-8-27-12-13(14)10-18(30)17-7-9-28-24(29-17)22-15(25)4-3-5-16(22)26/h3-9,12,19-21,23,31-32H,2,10-11H2,1H3/t19-,20-,21-,23+/m1/s1. The summed E-state index contributed by atoms with van der Waals surface area (Å²) in [7, 11) is 0. The molecule has 0 saturated carbocycles. The molecule has 2 aromatic heterocycles. The Labute approximate surface area is 189 Å². The molecule has 9 heteroatoms. The summed E-state index contributed by atoms with van der Waals surface area (Å²) in [6.07, 6.45) is 2.00. The smallest absolute Gasteiger partial charge is 0.185 e. The van der Waals surface area contributed by atoms with Crippen molar-refractivity contribution >= 4 is 5.78 Å². The van der Waals surface area contributed by atoms with Gasteiger partial charge in [-0.05, 0) is 41.8 Å². The Kier molecular flexibility index (Phi) is 6.83. The molecule has 1 aliphatic rings. The van der Waals surface area contributed by atoms with Crippen molar-refractivity contribution in [2.24, 2.45) is 0 Å². The van der Waals surface area contributed by atoms with Crippen molar-refractivity contribution in [2.75, 3.05) is 0 Å². The number of pyridine rings is 1. The molecule has 3 aromatic rings. The van der Waals surface area contributed by atoms with E-state index in [-0.39, 0.29) is 24.4 Å². The number of ether oxygens (including phenoxy) is 1. The second-order valence-corrected chi connectivity index (χ2v) is 7.90. The van der Waals surface area contributed by atoms with Crippen LogP contribution in [0.25, 0.3) is 11.4 Å². The van der Waals surface area contributed by atoms with Gasteiger partial charge in [0.05, 0.1) is 23.9 Å². The lowest BCUT2D eigenvalue weighted by Gasteiger charge is -2.37. The van der Waals surface area contributed by atoms with Crippen molar-refractivity contribution in [1.29, 1.82) is 0 Å². The molecule has 1 aromatic carbocycles. The van der Waals surface area contributed by atoms with Crippen LogP contribution in [0.1, 0.15) is 47.5 Å². The van der Waals surface area contributed by atoms with E-state index in [2.05, 4.69) is 15.0 Å². The maximum Gasteiger partial charge on any atom is 0.185 e. The molecular formula is C24H23F2N3O4. The number of halogens is 2. The average molecular weight is 455 g/mol. The SMILES string of the molecule is CC[C@H]1O[C@@H](c2ccncc2CC(=O)c2ccnc(-c3c(F)cccc3F)n2)C[C@@H](O)[C@@H]1O. The predicted molar refractivity (Wildman–Crippen MR) is 114 cm³/mol. The molecule has 1 fully saturated rings. The Morgan fingerprint density at radius 1 is 1.15 bits per heavy atom. The highest BCUT2D eigenvalue weighted by Crippen LogP contribution is 2.34. The first-order chi connectivity index (χ1) is 15.9. The van der Waals surface area contributed by atoms with Crippen LogP contribution in [0.15, 0.2) is 48.9 Å². The van der Waals surface area contributed by atoms with Crippen LogP contribution in [-0.2, 0) is 11.2 Å². The van der Waals surface area contributed by atoms with Crippen LogP contribution in [0.5, 0.6) is 0 Å². The van der Waals surface area contributed by atoms with E-state index in [1.165, 1.54) is 24.5 Å². The van der Waals surface area contributed by atoms with E-state index in [0.717, 1.165) is 12.1 Å². The van der Waals surface area contributed by atoms with Gasteiger partial charge in [-0.2, -0.15) is 0 Å². The summed E-state index contributed by atoms with van der Waals surface area (Å²) in [5.41, 5.74) is 0.854. The lowest BCUT2D eigenvalue weighted by Crippen LogP contribution is -2.45. The Bertz CT molecular complexity index is 1140. The molecule has 1 aliphatic heterocycles. The third kappa shape index (κ3) is 4.80. The zero-order valence-corrected chi connectivity index (χ0v) is 17.9. The minimum atomic E-state index is -0.976. The molecule has 2 N–H and O–H groups in total. The first-order valence-corrected chi connectivity index (χ1v) is 10.6. The maximum atomic E-state index is 14.1. The number of carbonyl (C=O) groups excluding carboxylic acids is 1. The highest BCUT2D eigenvalue weighted by Gasteiger charge is 2.37. The van der Waals surface area contributed by atoms with E-state index in [0.29, 0.717) is 17.5 Å². The number of benzene rings is 1. The zero-order chi connectivity index (χ0) is 23.5. The molecule has 0 bridgehead atoms. The minimum Gasteiger partial charge on any atom is -0.390 e. The van der Waals surface area contributed by atoms with Crippen LogP contribution in [0, 0.1) is 11.6 Å². The van der Waals surface area contributed by atoms with Gasteiger partial charge in [-0.3, -0.25) is 9.78 Å². The third-order valence-electron chi connectivity index (χ3n) is 5.74. The lowest BCUT2D eigenvalue weighted by atomic mass is 9.90. The minimum absolute atomic E-state index is 0.00362. The van der Waals surface area contributed by atoms with Gasteiger partial charge in [0.15, 0.2) is 11.6 Å². The second kappa shape index (κ2) is 9.78. The van der Waals surface area contributed by atoms with Crippen molar-refractivity contribution in [3.05, 3.63) is 77.4 Å². The molecule has 1 saturated heterocycles. The van der Waals surface area contributed by atoms with E-state index >= 15 is 0 Å². The van der Waals surface area contributed by atoms with Crippen LogP contribution >= 0.6 is 0 Å². The Morgan fingerprint density at radius 3 is 2.64 bits per heavy atom. The topological polar surface area (TPSA) is 105 Å². The van der Waals surface area contributed by atoms with E-state index in [1.807, 2.05) is 6.92 Å². The number of carbonyl (C=O) groups is 1. The first-order valence-electron chi connectivity index (χ1n) is 10.6. The Balaban J connectivity index is 1.60. The molecule has 3 heterocycles. The fraction of sp³-hybridized carbons (Fsp3) is 0.333. The Morgan fingerprint density at radius 2 is 1.91 bits per heavy atom. The van der Waals surface area contributed by atoms with Crippen molar-refractivity contribution < 1.29 is 28.5 Å². The van der Waals surface area contributed by atoms with Gasteiger partial charge < -0.3 is 14.9 Å². The molecule has 0 amide bonds. The fourth-order valence-corrected chi connectivity index (χ4v) is 4.00. The molecule has 0 radical (unpaired) electrons. The van der Waals surface area contributed by atoms with Gasteiger partial charge >= 0.3 is 0 Å². The molecular weight excluding hydrogens is 432 g/mol. The highest BCUT2D eigenvalue weighted by molar-refractivity contribution is 5.96.